The summed E-state index contributed by atoms with van der Waals surface area (Å²) in [7, 11) is 0. The molecule has 0 bridgehead atoms. The summed E-state index contributed by atoms with van der Waals surface area (Å²) >= 11 is 0. The molecule has 0 saturated heterocycles. The number of nitrogens with zero attached hydrogens (tertiary/aromatic N) is 3. The van der Waals surface area contributed by atoms with E-state index in [4.69, 9.17) is 0 Å². The van der Waals surface area contributed by atoms with Crippen molar-refractivity contribution >= 4 is 11.6 Å². The van der Waals surface area contributed by atoms with Gasteiger partial charge in [0.1, 0.15) is 0 Å². The first kappa shape index (κ1) is 15.5. The number of aryl methyl sites for hydroxylation is 2. The Bertz CT molecular complexity index is 871. The molecular weight excluding hydrogens is 314 g/mol. The van der Waals surface area contributed by atoms with Crippen molar-refractivity contribution < 1.29 is 4.79 Å². The molecule has 0 radical (unpaired) electrons. The minimum absolute atomic E-state index is 0.0110. The second-order valence-corrected chi connectivity index (χ2v) is 6.35. The molecule has 3 aromatic rings. The number of rotatable bonds is 4. The first-order chi connectivity index (χ1) is 12.3. The van der Waals surface area contributed by atoms with Crippen molar-refractivity contribution in [3.05, 3.63) is 59.2 Å². The van der Waals surface area contributed by atoms with Crippen LogP contribution in [0.3, 0.4) is 0 Å². The number of fused-ring (bicyclic) bond motifs is 1. The van der Waals surface area contributed by atoms with Gasteiger partial charge < -0.3 is 5.32 Å². The van der Waals surface area contributed by atoms with Crippen LogP contribution in [0.5, 0.6) is 0 Å². The molecule has 1 heterocycles. The van der Waals surface area contributed by atoms with Gasteiger partial charge in [-0.15, -0.1) is 10.2 Å². The van der Waals surface area contributed by atoms with E-state index in [9.17, 15) is 4.79 Å². The summed E-state index contributed by atoms with van der Waals surface area (Å²) in [5.74, 6) is 0.523. The second-order valence-electron chi connectivity index (χ2n) is 6.35. The Labute approximate surface area is 145 Å². The summed E-state index contributed by atoms with van der Waals surface area (Å²) < 4.78 is 0. The van der Waals surface area contributed by atoms with Gasteiger partial charge in [-0.2, -0.15) is 5.21 Å². The Kier molecular flexibility index (Phi) is 4.24. The molecule has 4 rings (SSSR count). The highest BCUT2D eigenvalue weighted by atomic mass is 16.1. The molecule has 0 spiro atoms. The molecule has 1 aromatic heterocycles. The van der Waals surface area contributed by atoms with Crippen molar-refractivity contribution in [2.45, 2.75) is 32.1 Å². The van der Waals surface area contributed by atoms with E-state index in [1.807, 2.05) is 24.3 Å². The smallest absolute Gasteiger partial charge is 0.228 e. The average Bonchev–Trinajstić information content (AvgIpc) is 3.17. The third-order valence-corrected chi connectivity index (χ3v) is 4.55. The highest BCUT2D eigenvalue weighted by molar-refractivity contribution is 5.92. The van der Waals surface area contributed by atoms with Crippen LogP contribution in [0.25, 0.3) is 11.4 Å². The molecule has 0 aliphatic heterocycles. The number of aromatic nitrogens is 4. The Morgan fingerprint density at radius 2 is 1.84 bits per heavy atom. The van der Waals surface area contributed by atoms with Crippen LogP contribution in [0.15, 0.2) is 42.5 Å². The number of benzene rings is 2. The SMILES string of the molecule is O=C(Cc1ccc2c(c1)CCCC2)Nc1ccc(-c2nn[nH]n2)cc1. The summed E-state index contributed by atoms with van der Waals surface area (Å²) in [6.07, 6.45) is 5.19. The van der Waals surface area contributed by atoms with Gasteiger partial charge in [0, 0.05) is 11.3 Å². The molecule has 1 aliphatic carbocycles. The molecule has 1 amide bonds. The molecule has 6 heteroatoms. The van der Waals surface area contributed by atoms with E-state index in [-0.39, 0.29) is 5.91 Å². The maximum Gasteiger partial charge on any atom is 0.228 e. The number of hydrogen-bond acceptors (Lipinski definition) is 4. The van der Waals surface area contributed by atoms with Crippen LogP contribution in [0, 0.1) is 0 Å². The third kappa shape index (κ3) is 3.57. The number of anilines is 1. The first-order valence-electron chi connectivity index (χ1n) is 8.52. The second kappa shape index (κ2) is 6.84. The van der Waals surface area contributed by atoms with Gasteiger partial charge >= 0.3 is 0 Å². The average molecular weight is 333 g/mol. The minimum atomic E-state index is -0.0110. The van der Waals surface area contributed by atoms with E-state index < -0.39 is 0 Å². The minimum Gasteiger partial charge on any atom is -0.326 e. The fourth-order valence-electron chi connectivity index (χ4n) is 3.27. The monoisotopic (exact) mass is 333 g/mol. The van der Waals surface area contributed by atoms with Gasteiger partial charge in [0.05, 0.1) is 6.42 Å². The summed E-state index contributed by atoms with van der Waals surface area (Å²) in [6, 6.07) is 13.8. The molecule has 2 aromatic carbocycles. The van der Waals surface area contributed by atoms with Crippen LogP contribution in [-0.2, 0) is 24.1 Å². The van der Waals surface area contributed by atoms with Crippen LogP contribution in [0.1, 0.15) is 29.5 Å². The van der Waals surface area contributed by atoms with Gasteiger partial charge in [0.15, 0.2) is 0 Å². The summed E-state index contributed by atoms with van der Waals surface area (Å²) in [6.45, 7) is 0. The van der Waals surface area contributed by atoms with Gasteiger partial charge in [0.25, 0.3) is 0 Å². The van der Waals surface area contributed by atoms with E-state index in [0.29, 0.717) is 12.2 Å². The van der Waals surface area contributed by atoms with E-state index in [0.717, 1.165) is 29.7 Å². The molecule has 25 heavy (non-hydrogen) atoms. The van der Waals surface area contributed by atoms with Crippen molar-refractivity contribution in [3.63, 3.8) is 0 Å². The lowest BCUT2D eigenvalue weighted by atomic mass is 9.90. The van der Waals surface area contributed by atoms with Gasteiger partial charge in [-0.1, -0.05) is 18.2 Å². The summed E-state index contributed by atoms with van der Waals surface area (Å²) in [4.78, 5) is 12.3. The number of carbonyl (C=O) groups excluding carboxylic acids is 1. The largest absolute Gasteiger partial charge is 0.326 e. The Morgan fingerprint density at radius 1 is 1.04 bits per heavy atom. The van der Waals surface area contributed by atoms with Crippen LogP contribution >= 0.6 is 0 Å². The number of amides is 1. The predicted molar refractivity (Wildman–Crippen MR) is 95.0 cm³/mol. The number of hydrogen-bond donors (Lipinski definition) is 2. The molecule has 126 valence electrons. The number of aromatic amines is 1. The fourth-order valence-corrected chi connectivity index (χ4v) is 3.27. The lowest BCUT2D eigenvalue weighted by molar-refractivity contribution is -0.115. The Morgan fingerprint density at radius 3 is 2.60 bits per heavy atom. The standard InChI is InChI=1S/C19H19N5O/c25-18(12-13-5-6-14-3-1-2-4-16(14)11-13)20-17-9-7-15(8-10-17)19-21-23-24-22-19/h5-11H,1-4,12H2,(H,20,25)(H,21,22,23,24). The van der Waals surface area contributed by atoms with Crippen LogP contribution in [-0.4, -0.2) is 26.5 Å². The Balaban J connectivity index is 1.40. The third-order valence-electron chi connectivity index (χ3n) is 4.55. The van der Waals surface area contributed by atoms with Gasteiger partial charge in [0.2, 0.25) is 11.7 Å². The zero-order valence-corrected chi connectivity index (χ0v) is 13.8. The highest BCUT2D eigenvalue weighted by Crippen LogP contribution is 2.23. The fraction of sp³-hybridized carbons (Fsp3) is 0.263. The molecule has 0 unspecified atom stereocenters. The molecule has 6 nitrogen and oxygen atoms in total. The van der Waals surface area contributed by atoms with Crippen LogP contribution in [0.4, 0.5) is 5.69 Å². The first-order valence-corrected chi connectivity index (χ1v) is 8.52. The maximum absolute atomic E-state index is 12.3. The predicted octanol–water partition coefficient (Wildman–Crippen LogP) is 2.93. The zero-order valence-electron chi connectivity index (χ0n) is 13.8. The number of nitrogens with one attached hydrogen (secondary N) is 2. The van der Waals surface area contributed by atoms with Gasteiger partial charge in [-0.05, 0) is 71.9 Å². The highest BCUT2D eigenvalue weighted by Gasteiger charge is 2.11. The van der Waals surface area contributed by atoms with E-state index in [1.54, 1.807) is 0 Å². The quantitative estimate of drug-likeness (QED) is 0.769. The van der Waals surface area contributed by atoms with E-state index >= 15 is 0 Å². The maximum atomic E-state index is 12.3. The molecule has 1 aliphatic rings. The van der Waals surface area contributed by atoms with Crippen molar-refractivity contribution in [3.8, 4) is 11.4 Å². The van der Waals surface area contributed by atoms with E-state index in [2.05, 4.69) is 44.1 Å². The van der Waals surface area contributed by atoms with Gasteiger partial charge in [-0.25, -0.2) is 0 Å². The van der Waals surface area contributed by atoms with Crippen molar-refractivity contribution in [1.29, 1.82) is 0 Å². The molecule has 0 fully saturated rings. The normalized spacial score (nSPS) is 13.3. The van der Waals surface area contributed by atoms with Crippen molar-refractivity contribution in [2.75, 3.05) is 5.32 Å². The zero-order chi connectivity index (χ0) is 17.1. The van der Waals surface area contributed by atoms with E-state index in [1.165, 1.54) is 24.0 Å². The van der Waals surface area contributed by atoms with Crippen molar-refractivity contribution in [2.24, 2.45) is 0 Å². The lowest BCUT2D eigenvalue weighted by Gasteiger charge is -2.16. The Hall–Kier alpha value is -3.02. The van der Waals surface area contributed by atoms with Gasteiger partial charge in [-0.3, -0.25) is 4.79 Å². The number of tetrazole rings is 1. The summed E-state index contributed by atoms with van der Waals surface area (Å²) in [5.41, 5.74) is 5.52. The molecular formula is C19H19N5O. The van der Waals surface area contributed by atoms with Crippen molar-refractivity contribution in [1.82, 2.24) is 20.6 Å². The number of H-pyrrole nitrogens is 1. The molecule has 0 atom stereocenters. The van der Waals surface area contributed by atoms with Crippen LogP contribution < -0.4 is 5.32 Å². The topological polar surface area (TPSA) is 83.6 Å². The lowest BCUT2D eigenvalue weighted by Crippen LogP contribution is -2.15. The molecule has 0 saturated carbocycles. The van der Waals surface area contributed by atoms with Crippen LogP contribution in [0.2, 0.25) is 0 Å². The summed E-state index contributed by atoms with van der Waals surface area (Å²) in [5, 5.41) is 16.8. The number of carbonyl (C=O) groups is 1. The molecule has 2 N–H and O–H groups in total.